The first kappa shape index (κ1) is 20.4. The summed E-state index contributed by atoms with van der Waals surface area (Å²) in [6.45, 7) is 9.25. The van der Waals surface area contributed by atoms with Gasteiger partial charge in [-0.05, 0) is 42.2 Å². The Hall–Kier alpha value is -1.34. The van der Waals surface area contributed by atoms with Gasteiger partial charge in [0.15, 0.2) is 0 Å². The molecule has 0 aliphatic carbocycles. The third-order valence-electron chi connectivity index (χ3n) is 5.27. The molecule has 1 aliphatic heterocycles. The highest BCUT2D eigenvalue weighted by Gasteiger charge is 2.27. The Labute approximate surface area is 165 Å². The molecule has 0 radical (unpaired) electrons. The first-order valence-corrected chi connectivity index (χ1v) is 11.0. The number of thioether (sulfide) groups is 1. The molecule has 6 heteroatoms. The lowest BCUT2D eigenvalue weighted by atomic mass is 10.1. The zero-order valence-electron chi connectivity index (χ0n) is 16.6. The van der Waals surface area contributed by atoms with E-state index in [-0.39, 0.29) is 12.2 Å². The zero-order chi connectivity index (χ0) is 19.4. The fourth-order valence-electron chi connectivity index (χ4n) is 3.94. The van der Waals surface area contributed by atoms with Crippen molar-refractivity contribution in [2.24, 2.45) is 5.92 Å². The van der Waals surface area contributed by atoms with Gasteiger partial charge >= 0.3 is 0 Å². The summed E-state index contributed by atoms with van der Waals surface area (Å²) in [7, 11) is 0. The number of aliphatic hydroxyl groups excluding tert-OH is 1. The van der Waals surface area contributed by atoms with E-state index in [1.165, 1.54) is 0 Å². The molecule has 0 spiro atoms. The van der Waals surface area contributed by atoms with Gasteiger partial charge in [0, 0.05) is 61.3 Å². The summed E-state index contributed by atoms with van der Waals surface area (Å²) in [5.74, 6) is 0.618. The van der Waals surface area contributed by atoms with Crippen molar-refractivity contribution < 1.29 is 5.11 Å². The van der Waals surface area contributed by atoms with Crippen molar-refractivity contribution >= 4 is 22.7 Å². The molecular formula is C21H31N3O2S. The van der Waals surface area contributed by atoms with Crippen LogP contribution in [0, 0.1) is 5.92 Å². The number of nitrogens with one attached hydrogen (secondary N) is 1. The van der Waals surface area contributed by atoms with E-state index in [4.69, 9.17) is 0 Å². The number of nitrogens with zero attached hydrogens (tertiary/aromatic N) is 2. The molecule has 2 heterocycles. The van der Waals surface area contributed by atoms with Crippen LogP contribution in [0.1, 0.15) is 25.8 Å². The minimum atomic E-state index is 0.00377. The van der Waals surface area contributed by atoms with Crippen LogP contribution >= 0.6 is 11.8 Å². The molecule has 1 aromatic heterocycles. The smallest absolute Gasteiger partial charge is 0.252 e. The SMILES string of the molecule is CSc1ccc2cc(CN3CCN(CC(C)C)C(CCO)C3)c(=O)[nH]c2c1. The van der Waals surface area contributed by atoms with Crippen molar-refractivity contribution in [2.75, 3.05) is 39.0 Å². The Morgan fingerprint density at radius 3 is 2.81 bits per heavy atom. The predicted octanol–water partition coefficient (Wildman–Crippen LogP) is 2.77. The second-order valence-corrected chi connectivity index (χ2v) is 8.75. The van der Waals surface area contributed by atoms with Crippen LogP contribution in [0.25, 0.3) is 10.9 Å². The topological polar surface area (TPSA) is 59.6 Å². The number of hydrogen-bond donors (Lipinski definition) is 2. The Bertz CT molecular complexity index is 821. The molecule has 1 unspecified atom stereocenters. The molecular weight excluding hydrogens is 358 g/mol. The van der Waals surface area contributed by atoms with Gasteiger partial charge in [0.1, 0.15) is 0 Å². The molecule has 3 rings (SSSR count). The molecule has 1 aliphatic rings. The van der Waals surface area contributed by atoms with E-state index in [0.717, 1.165) is 54.0 Å². The van der Waals surface area contributed by atoms with Crippen molar-refractivity contribution in [2.45, 2.75) is 37.8 Å². The second kappa shape index (κ2) is 9.24. The van der Waals surface area contributed by atoms with Crippen molar-refractivity contribution in [1.29, 1.82) is 0 Å². The number of aromatic nitrogens is 1. The largest absolute Gasteiger partial charge is 0.396 e. The lowest BCUT2D eigenvalue weighted by Gasteiger charge is -2.42. The first-order chi connectivity index (χ1) is 13.0. The number of aromatic amines is 1. The minimum Gasteiger partial charge on any atom is -0.396 e. The maximum absolute atomic E-state index is 12.6. The van der Waals surface area contributed by atoms with Crippen molar-refractivity contribution in [1.82, 2.24) is 14.8 Å². The van der Waals surface area contributed by atoms with E-state index in [9.17, 15) is 9.90 Å². The molecule has 2 aromatic rings. The summed E-state index contributed by atoms with van der Waals surface area (Å²) in [6, 6.07) is 8.59. The fraction of sp³-hybridized carbons (Fsp3) is 0.571. The summed E-state index contributed by atoms with van der Waals surface area (Å²) in [5, 5.41) is 10.5. The zero-order valence-corrected chi connectivity index (χ0v) is 17.4. The summed E-state index contributed by atoms with van der Waals surface area (Å²) in [6.07, 6.45) is 2.82. The molecule has 1 atom stereocenters. The standard InChI is InChI=1S/C21H31N3O2S/c1-15(2)12-24-8-7-23(14-18(24)6-9-25)13-17-10-16-4-5-19(27-3)11-20(16)22-21(17)26/h4-5,10-11,15,18,25H,6-9,12-14H2,1-3H3,(H,22,26). The summed E-state index contributed by atoms with van der Waals surface area (Å²) < 4.78 is 0. The van der Waals surface area contributed by atoms with Crippen LogP contribution in [0.4, 0.5) is 0 Å². The van der Waals surface area contributed by atoms with Gasteiger partial charge in [-0.1, -0.05) is 19.9 Å². The number of benzene rings is 1. The number of rotatable bonds is 7. The van der Waals surface area contributed by atoms with E-state index >= 15 is 0 Å². The number of piperazine rings is 1. The van der Waals surface area contributed by atoms with Crippen LogP contribution in [0.3, 0.4) is 0 Å². The van der Waals surface area contributed by atoms with Gasteiger partial charge in [-0.15, -0.1) is 11.8 Å². The van der Waals surface area contributed by atoms with Crippen LogP contribution < -0.4 is 5.56 Å². The highest BCUT2D eigenvalue weighted by molar-refractivity contribution is 7.98. The van der Waals surface area contributed by atoms with Crippen LogP contribution in [0.15, 0.2) is 34.0 Å². The van der Waals surface area contributed by atoms with Gasteiger partial charge < -0.3 is 10.1 Å². The minimum absolute atomic E-state index is 0.00377. The molecule has 1 fully saturated rings. The lowest BCUT2D eigenvalue weighted by Crippen LogP contribution is -2.54. The molecule has 148 valence electrons. The highest BCUT2D eigenvalue weighted by atomic mass is 32.2. The Morgan fingerprint density at radius 2 is 2.11 bits per heavy atom. The van der Waals surface area contributed by atoms with Gasteiger partial charge in [0.25, 0.3) is 5.56 Å². The molecule has 0 bridgehead atoms. The van der Waals surface area contributed by atoms with E-state index in [1.807, 2.05) is 18.4 Å². The second-order valence-electron chi connectivity index (χ2n) is 7.87. The van der Waals surface area contributed by atoms with Crippen LogP contribution in [-0.4, -0.2) is 65.0 Å². The summed E-state index contributed by atoms with van der Waals surface area (Å²) in [5.41, 5.74) is 1.72. The highest BCUT2D eigenvalue weighted by Crippen LogP contribution is 2.21. The van der Waals surface area contributed by atoms with E-state index in [1.54, 1.807) is 11.8 Å². The number of H-pyrrole nitrogens is 1. The monoisotopic (exact) mass is 389 g/mol. The molecule has 5 nitrogen and oxygen atoms in total. The molecule has 1 saturated heterocycles. The average Bonchev–Trinajstić information content (AvgIpc) is 2.64. The average molecular weight is 390 g/mol. The Balaban J connectivity index is 1.74. The third kappa shape index (κ3) is 5.13. The molecule has 1 aromatic carbocycles. The number of hydrogen-bond acceptors (Lipinski definition) is 5. The van der Waals surface area contributed by atoms with E-state index in [2.05, 4.69) is 40.8 Å². The van der Waals surface area contributed by atoms with Crippen LogP contribution in [-0.2, 0) is 6.54 Å². The van der Waals surface area contributed by atoms with E-state index < -0.39 is 0 Å². The third-order valence-corrected chi connectivity index (χ3v) is 6.00. The predicted molar refractivity (Wildman–Crippen MR) is 114 cm³/mol. The molecule has 0 saturated carbocycles. The van der Waals surface area contributed by atoms with Gasteiger partial charge in [-0.25, -0.2) is 0 Å². The fourth-order valence-corrected chi connectivity index (χ4v) is 4.38. The van der Waals surface area contributed by atoms with Crippen molar-refractivity contribution in [3.63, 3.8) is 0 Å². The lowest BCUT2D eigenvalue weighted by molar-refractivity contribution is 0.0475. The summed E-state index contributed by atoms with van der Waals surface area (Å²) in [4.78, 5) is 21.6. The first-order valence-electron chi connectivity index (χ1n) is 9.77. The molecule has 2 N–H and O–H groups in total. The van der Waals surface area contributed by atoms with Crippen LogP contribution in [0.2, 0.25) is 0 Å². The number of aliphatic hydroxyl groups is 1. The quantitative estimate of drug-likeness (QED) is 0.713. The number of fused-ring (bicyclic) bond motifs is 1. The number of pyridine rings is 1. The van der Waals surface area contributed by atoms with Crippen LogP contribution in [0.5, 0.6) is 0 Å². The normalized spacial score (nSPS) is 19.2. The van der Waals surface area contributed by atoms with Gasteiger partial charge in [-0.2, -0.15) is 0 Å². The van der Waals surface area contributed by atoms with Gasteiger partial charge in [0.2, 0.25) is 0 Å². The van der Waals surface area contributed by atoms with Crippen molar-refractivity contribution in [3.8, 4) is 0 Å². The van der Waals surface area contributed by atoms with E-state index in [0.29, 0.717) is 18.5 Å². The maximum Gasteiger partial charge on any atom is 0.252 e. The van der Waals surface area contributed by atoms with Gasteiger partial charge in [-0.3, -0.25) is 14.6 Å². The van der Waals surface area contributed by atoms with Crippen molar-refractivity contribution in [3.05, 3.63) is 40.2 Å². The molecule has 27 heavy (non-hydrogen) atoms. The Morgan fingerprint density at radius 1 is 1.30 bits per heavy atom. The Kier molecular flexibility index (Phi) is 6.98. The summed E-state index contributed by atoms with van der Waals surface area (Å²) >= 11 is 1.68. The molecule has 0 amide bonds. The van der Waals surface area contributed by atoms with Gasteiger partial charge in [0.05, 0.1) is 0 Å². The maximum atomic E-state index is 12.6.